The molecule has 1 aromatic carbocycles. The third kappa shape index (κ3) is 2.94. The number of nitrogens with zero attached hydrogens (tertiary/aromatic N) is 2. The third-order valence-electron chi connectivity index (χ3n) is 2.62. The number of hydrogen-bond donors (Lipinski definition) is 0. The van der Waals surface area contributed by atoms with Crippen molar-refractivity contribution in [2.24, 2.45) is 7.05 Å². The van der Waals surface area contributed by atoms with Crippen molar-refractivity contribution in [1.29, 1.82) is 0 Å². The Balaban J connectivity index is 2.03. The highest BCUT2D eigenvalue weighted by Gasteiger charge is 2.10. The molecule has 1 aromatic heterocycles. The topological polar surface area (TPSA) is 34.9 Å². The fourth-order valence-corrected chi connectivity index (χ4v) is 1.86. The summed E-state index contributed by atoms with van der Waals surface area (Å²) >= 11 is 6.01. The van der Waals surface area contributed by atoms with Gasteiger partial charge in [0, 0.05) is 30.9 Å². The maximum atomic E-state index is 11.9. The summed E-state index contributed by atoms with van der Waals surface area (Å²) < 4.78 is 1.85. The molecule has 0 aliphatic carbocycles. The number of carbonyl (C=O) groups is 1. The van der Waals surface area contributed by atoms with Gasteiger partial charge in [0.1, 0.15) is 11.6 Å². The number of aromatic nitrogens is 2. The summed E-state index contributed by atoms with van der Waals surface area (Å²) in [5, 5.41) is 0.640. The van der Waals surface area contributed by atoms with Crippen molar-refractivity contribution in [2.45, 2.75) is 12.8 Å². The number of ketones is 1. The van der Waals surface area contributed by atoms with Crippen molar-refractivity contribution in [1.82, 2.24) is 9.55 Å². The van der Waals surface area contributed by atoms with Crippen LogP contribution in [0.25, 0.3) is 0 Å². The maximum absolute atomic E-state index is 11.9. The molecule has 0 fully saturated rings. The van der Waals surface area contributed by atoms with Crippen LogP contribution in [-0.4, -0.2) is 15.3 Å². The van der Waals surface area contributed by atoms with Crippen molar-refractivity contribution in [2.75, 3.05) is 0 Å². The highest BCUT2D eigenvalue weighted by molar-refractivity contribution is 6.31. The zero-order chi connectivity index (χ0) is 12.3. The first-order valence-electron chi connectivity index (χ1n) is 5.38. The molecule has 2 rings (SSSR count). The van der Waals surface area contributed by atoms with Gasteiger partial charge < -0.3 is 4.57 Å². The van der Waals surface area contributed by atoms with E-state index in [-0.39, 0.29) is 5.78 Å². The third-order valence-corrected chi connectivity index (χ3v) is 2.99. The van der Waals surface area contributed by atoms with Gasteiger partial charge in [0.25, 0.3) is 0 Å². The molecule has 88 valence electrons. The number of halogens is 1. The second kappa shape index (κ2) is 5.15. The second-order valence-electron chi connectivity index (χ2n) is 3.94. The summed E-state index contributed by atoms with van der Waals surface area (Å²) in [5.41, 5.74) is 0.869. The lowest BCUT2D eigenvalue weighted by Crippen LogP contribution is -2.10. The number of imidazole rings is 1. The number of Topliss-reactive ketones (excluding diaryl/α,β-unsaturated/α-hetero) is 1. The van der Waals surface area contributed by atoms with Gasteiger partial charge in [-0.3, -0.25) is 4.79 Å². The maximum Gasteiger partial charge on any atom is 0.144 e. The molecule has 0 saturated carbocycles. The predicted octanol–water partition coefficient (Wildman–Crippen LogP) is 2.43. The number of benzene rings is 1. The van der Waals surface area contributed by atoms with Crippen LogP contribution in [0.15, 0.2) is 36.7 Å². The van der Waals surface area contributed by atoms with E-state index in [9.17, 15) is 4.79 Å². The predicted molar refractivity (Wildman–Crippen MR) is 67.1 cm³/mol. The SMILES string of the molecule is Cn1ccnc1CC(=O)Cc1ccccc1Cl. The van der Waals surface area contributed by atoms with Crippen molar-refractivity contribution >= 4 is 17.4 Å². The van der Waals surface area contributed by atoms with Crippen molar-refractivity contribution in [3.63, 3.8) is 0 Å². The molecule has 0 unspecified atom stereocenters. The van der Waals surface area contributed by atoms with Crippen molar-refractivity contribution in [3.8, 4) is 0 Å². The van der Waals surface area contributed by atoms with E-state index in [4.69, 9.17) is 11.6 Å². The van der Waals surface area contributed by atoms with Crippen LogP contribution in [0.2, 0.25) is 5.02 Å². The van der Waals surface area contributed by atoms with E-state index in [0.29, 0.717) is 17.9 Å². The summed E-state index contributed by atoms with van der Waals surface area (Å²) in [6.45, 7) is 0. The summed E-state index contributed by atoms with van der Waals surface area (Å²) in [6, 6.07) is 7.41. The molecular formula is C13H13ClN2O. The average molecular weight is 249 g/mol. The smallest absolute Gasteiger partial charge is 0.144 e. The Hall–Kier alpha value is -1.61. The summed E-state index contributed by atoms with van der Waals surface area (Å²) in [4.78, 5) is 16.0. The minimum atomic E-state index is 0.118. The van der Waals surface area contributed by atoms with Crippen LogP contribution >= 0.6 is 11.6 Å². The first-order chi connectivity index (χ1) is 8.16. The lowest BCUT2D eigenvalue weighted by Gasteiger charge is -2.03. The van der Waals surface area contributed by atoms with Gasteiger partial charge in [0.05, 0.1) is 6.42 Å². The van der Waals surface area contributed by atoms with Gasteiger partial charge in [-0.25, -0.2) is 4.98 Å². The monoisotopic (exact) mass is 248 g/mol. The van der Waals surface area contributed by atoms with Crippen LogP contribution in [0.3, 0.4) is 0 Å². The minimum absolute atomic E-state index is 0.118. The van der Waals surface area contributed by atoms with Gasteiger partial charge in [0.15, 0.2) is 0 Å². The Bertz CT molecular complexity index is 534. The zero-order valence-electron chi connectivity index (χ0n) is 9.56. The van der Waals surface area contributed by atoms with E-state index < -0.39 is 0 Å². The Morgan fingerprint density at radius 1 is 1.35 bits per heavy atom. The summed E-state index contributed by atoms with van der Waals surface area (Å²) in [7, 11) is 1.88. The Morgan fingerprint density at radius 2 is 2.12 bits per heavy atom. The number of rotatable bonds is 4. The second-order valence-corrected chi connectivity index (χ2v) is 4.35. The van der Waals surface area contributed by atoms with Crippen LogP contribution < -0.4 is 0 Å². The molecule has 0 spiro atoms. The largest absolute Gasteiger partial charge is 0.338 e. The number of aryl methyl sites for hydroxylation is 1. The molecule has 0 saturated heterocycles. The lowest BCUT2D eigenvalue weighted by molar-refractivity contribution is -0.117. The quantitative estimate of drug-likeness (QED) is 0.833. The number of carbonyl (C=O) groups excluding carboxylic acids is 1. The highest BCUT2D eigenvalue weighted by Crippen LogP contribution is 2.16. The molecule has 1 heterocycles. The van der Waals surface area contributed by atoms with E-state index in [1.165, 1.54) is 0 Å². The van der Waals surface area contributed by atoms with Gasteiger partial charge in [-0.2, -0.15) is 0 Å². The van der Waals surface area contributed by atoms with E-state index >= 15 is 0 Å². The summed E-state index contributed by atoms with van der Waals surface area (Å²) in [6.07, 6.45) is 4.22. The van der Waals surface area contributed by atoms with Crippen LogP contribution in [0.5, 0.6) is 0 Å². The Kier molecular flexibility index (Phi) is 3.59. The Labute approximate surface area is 105 Å². The lowest BCUT2D eigenvalue weighted by atomic mass is 10.1. The molecule has 0 atom stereocenters. The molecule has 17 heavy (non-hydrogen) atoms. The highest BCUT2D eigenvalue weighted by atomic mass is 35.5. The standard InChI is InChI=1S/C13H13ClN2O/c1-16-7-6-15-13(16)9-11(17)8-10-4-2-3-5-12(10)14/h2-7H,8-9H2,1H3. The average Bonchev–Trinajstić information content (AvgIpc) is 2.68. The van der Waals surface area contributed by atoms with Crippen LogP contribution in [0.1, 0.15) is 11.4 Å². The molecule has 0 N–H and O–H groups in total. The van der Waals surface area contributed by atoms with E-state index in [1.54, 1.807) is 12.3 Å². The van der Waals surface area contributed by atoms with E-state index in [1.807, 2.05) is 36.0 Å². The van der Waals surface area contributed by atoms with Crippen LogP contribution in [0, 0.1) is 0 Å². The molecule has 3 nitrogen and oxygen atoms in total. The van der Waals surface area contributed by atoms with Gasteiger partial charge in [-0.15, -0.1) is 0 Å². The fraction of sp³-hybridized carbons (Fsp3) is 0.231. The van der Waals surface area contributed by atoms with Gasteiger partial charge >= 0.3 is 0 Å². The van der Waals surface area contributed by atoms with Crippen molar-refractivity contribution < 1.29 is 4.79 Å². The first-order valence-corrected chi connectivity index (χ1v) is 5.76. The number of hydrogen-bond acceptors (Lipinski definition) is 2. The normalized spacial score (nSPS) is 10.5. The molecule has 0 amide bonds. The van der Waals surface area contributed by atoms with E-state index in [0.717, 1.165) is 11.4 Å². The molecule has 4 heteroatoms. The van der Waals surface area contributed by atoms with Crippen LogP contribution in [0.4, 0.5) is 0 Å². The molecule has 0 radical (unpaired) electrons. The summed E-state index contributed by atoms with van der Waals surface area (Å²) in [5.74, 6) is 0.898. The van der Waals surface area contributed by atoms with E-state index in [2.05, 4.69) is 4.98 Å². The van der Waals surface area contributed by atoms with Gasteiger partial charge in [0.2, 0.25) is 0 Å². The zero-order valence-corrected chi connectivity index (χ0v) is 10.3. The molecule has 0 aliphatic rings. The molecule has 2 aromatic rings. The van der Waals surface area contributed by atoms with Crippen LogP contribution in [-0.2, 0) is 24.7 Å². The van der Waals surface area contributed by atoms with Gasteiger partial charge in [-0.1, -0.05) is 29.8 Å². The Morgan fingerprint density at radius 3 is 2.76 bits per heavy atom. The van der Waals surface area contributed by atoms with Gasteiger partial charge in [-0.05, 0) is 11.6 Å². The molecular weight excluding hydrogens is 236 g/mol. The van der Waals surface area contributed by atoms with Crippen molar-refractivity contribution in [3.05, 3.63) is 53.1 Å². The molecule has 0 bridgehead atoms. The fourth-order valence-electron chi connectivity index (χ4n) is 1.66. The minimum Gasteiger partial charge on any atom is -0.338 e. The first kappa shape index (κ1) is 11.9. The molecule has 0 aliphatic heterocycles.